The maximum absolute atomic E-state index is 13.5. The van der Waals surface area contributed by atoms with E-state index < -0.39 is 11.3 Å². The third-order valence-corrected chi connectivity index (χ3v) is 2.59. The fraction of sp³-hybridized carbons (Fsp3) is 0.556. The minimum absolute atomic E-state index is 0.0126. The number of thioether (sulfide) groups is 1. The standard InChI is InChI=1S/C9H11F4N3S/c1-2-6-7(10)8(16-5-15-6)14-3-4-17-9(11,12)13/h5H,2-4H2,1H3,(H,14,15,16). The second-order valence-corrected chi connectivity index (χ2v) is 4.22. The molecule has 0 aliphatic heterocycles. The van der Waals surface area contributed by atoms with E-state index in [9.17, 15) is 17.6 Å². The number of anilines is 1. The number of aryl methyl sites for hydroxylation is 1. The van der Waals surface area contributed by atoms with Gasteiger partial charge in [0.15, 0.2) is 11.6 Å². The predicted molar refractivity (Wildman–Crippen MR) is 58.4 cm³/mol. The summed E-state index contributed by atoms with van der Waals surface area (Å²) in [4.78, 5) is 7.35. The van der Waals surface area contributed by atoms with Crippen LogP contribution in [0.1, 0.15) is 12.6 Å². The number of aromatic nitrogens is 2. The van der Waals surface area contributed by atoms with Crippen LogP contribution in [0.4, 0.5) is 23.4 Å². The summed E-state index contributed by atoms with van der Waals surface area (Å²) >= 11 is -0.160. The van der Waals surface area contributed by atoms with Gasteiger partial charge in [0, 0.05) is 12.3 Å². The monoisotopic (exact) mass is 269 g/mol. The Morgan fingerprint density at radius 1 is 1.35 bits per heavy atom. The van der Waals surface area contributed by atoms with Crippen molar-refractivity contribution in [3.05, 3.63) is 17.8 Å². The lowest BCUT2D eigenvalue weighted by Gasteiger charge is -2.09. The summed E-state index contributed by atoms with van der Waals surface area (Å²) in [5, 5.41) is 2.51. The summed E-state index contributed by atoms with van der Waals surface area (Å²) in [6, 6.07) is 0. The van der Waals surface area contributed by atoms with Crippen LogP contribution in [0.5, 0.6) is 0 Å². The molecule has 17 heavy (non-hydrogen) atoms. The molecule has 0 atom stereocenters. The minimum Gasteiger partial charge on any atom is -0.367 e. The molecular weight excluding hydrogens is 258 g/mol. The molecule has 0 bridgehead atoms. The van der Waals surface area contributed by atoms with Gasteiger partial charge in [-0.3, -0.25) is 0 Å². The van der Waals surface area contributed by atoms with E-state index in [2.05, 4.69) is 15.3 Å². The summed E-state index contributed by atoms with van der Waals surface area (Å²) in [6.07, 6.45) is 1.58. The van der Waals surface area contributed by atoms with Gasteiger partial charge in [-0.25, -0.2) is 14.4 Å². The van der Waals surface area contributed by atoms with Crippen LogP contribution in [0.25, 0.3) is 0 Å². The highest BCUT2D eigenvalue weighted by Crippen LogP contribution is 2.29. The molecule has 1 N–H and O–H groups in total. The maximum atomic E-state index is 13.5. The van der Waals surface area contributed by atoms with Crippen LogP contribution in [0.15, 0.2) is 6.33 Å². The van der Waals surface area contributed by atoms with Crippen molar-refractivity contribution in [2.24, 2.45) is 0 Å². The van der Waals surface area contributed by atoms with Gasteiger partial charge < -0.3 is 5.32 Å². The van der Waals surface area contributed by atoms with Crippen LogP contribution in [-0.4, -0.2) is 27.8 Å². The Morgan fingerprint density at radius 3 is 2.65 bits per heavy atom. The second-order valence-electron chi connectivity index (χ2n) is 3.06. The molecule has 3 nitrogen and oxygen atoms in total. The smallest absolute Gasteiger partial charge is 0.367 e. The summed E-state index contributed by atoms with van der Waals surface area (Å²) in [7, 11) is 0. The molecule has 0 radical (unpaired) electrons. The topological polar surface area (TPSA) is 37.8 Å². The molecule has 1 aromatic rings. The summed E-state index contributed by atoms with van der Waals surface area (Å²) in [5.74, 6) is -0.861. The Hall–Kier alpha value is -1.05. The van der Waals surface area contributed by atoms with Crippen molar-refractivity contribution in [2.45, 2.75) is 18.9 Å². The number of hydrogen-bond acceptors (Lipinski definition) is 4. The van der Waals surface area contributed by atoms with Crippen molar-refractivity contribution in [1.82, 2.24) is 9.97 Å². The Labute approximate surface area is 100 Å². The van der Waals surface area contributed by atoms with Crippen molar-refractivity contribution in [2.75, 3.05) is 17.6 Å². The SMILES string of the molecule is CCc1ncnc(NCCSC(F)(F)F)c1F. The highest BCUT2D eigenvalue weighted by atomic mass is 32.2. The lowest BCUT2D eigenvalue weighted by molar-refractivity contribution is -0.0327. The number of halogens is 4. The number of alkyl halides is 3. The second kappa shape index (κ2) is 6.04. The molecule has 0 unspecified atom stereocenters. The lowest BCUT2D eigenvalue weighted by Crippen LogP contribution is -2.12. The molecule has 1 heterocycles. The molecule has 0 aromatic carbocycles. The Balaban J connectivity index is 2.47. The molecular formula is C9H11F4N3S. The van der Waals surface area contributed by atoms with E-state index in [0.717, 1.165) is 0 Å². The molecule has 0 saturated carbocycles. The number of hydrogen-bond donors (Lipinski definition) is 1. The average molecular weight is 269 g/mol. The molecule has 0 amide bonds. The van der Waals surface area contributed by atoms with Gasteiger partial charge in [0.2, 0.25) is 0 Å². The minimum atomic E-state index is -4.26. The van der Waals surface area contributed by atoms with Crippen molar-refractivity contribution < 1.29 is 17.6 Å². The van der Waals surface area contributed by atoms with Gasteiger partial charge >= 0.3 is 5.51 Å². The first kappa shape index (κ1) is 14.0. The first-order valence-corrected chi connectivity index (χ1v) is 5.86. The Bertz CT molecular complexity index is 370. The van der Waals surface area contributed by atoms with Gasteiger partial charge in [-0.1, -0.05) is 6.92 Å². The van der Waals surface area contributed by atoms with E-state index in [4.69, 9.17) is 0 Å². The van der Waals surface area contributed by atoms with Crippen LogP contribution >= 0.6 is 11.8 Å². The number of rotatable bonds is 5. The van der Waals surface area contributed by atoms with Crippen molar-refractivity contribution in [1.29, 1.82) is 0 Å². The molecule has 1 aromatic heterocycles. The molecule has 0 spiro atoms. The maximum Gasteiger partial charge on any atom is 0.441 e. The third kappa shape index (κ3) is 4.76. The van der Waals surface area contributed by atoms with E-state index in [1.807, 2.05) is 0 Å². The van der Waals surface area contributed by atoms with E-state index in [0.29, 0.717) is 6.42 Å². The van der Waals surface area contributed by atoms with Gasteiger partial charge in [0.25, 0.3) is 0 Å². The Morgan fingerprint density at radius 2 is 2.06 bits per heavy atom. The van der Waals surface area contributed by atoms with Crippen molar-refractivity contribution in [3.63, 3.8) is 0 Å². The van der Waals surface area contributed by atoms with Crippen LogP contribution in [-0.2, 0) is 6.42 Å². The first-order chi connectivity index (χ1) is 7.94. The summed E-state index contributed by atoms with van der Waals surface area (Å²) in [5.41, 5.74) is -4.02. The molecule has 8 heteroatoms. The number of nitrogens with zero attached hydrogens (tertiary/aromatic N) is 2. The average Bonchev–Trinajstić information content (AvgIpc) is 2.25. The van der Waals surface area contributed by atoms with E-state index in [-0.39, 0.29) is 35.6 Å². The van der Waals surface area contributed by atoms with Gasteiger partial charge in [-0.05, 0) is 18.2 Å². The Kier molecular flexibility index (Phi) is 4.98. The largest absolute Gasteiger partial charge is 0.441 e. The zero-order chi connectivity index (χ0) is 12.9. The highest BCUT2D eigenvalue weighted by molar-refractivity contribution is 8.00. The van der Waals surface area contributed by atoms with Crippen LogP contribution in [0, 0.1) is 5.82 Å². The van der Waals surface area contributed by atoms with E-state index >= 15 is 0 Å². The lowest BCUT2D eigenvalue weighted by atomic mass is 10.3. The molecule has 0 aliphatic rings. The van der Waals surface area contributed by atoms with Crippen LogP contribution < -0.4 is 5.32 Å². The first-order valence-electron chi connectivity index (χ1n) is 4.88. The fourth-order valence-corrected chi connectivity index (χ4v) is 1.55. The molecule has 0 saturated heterocycles. The van der Waals surface area contributed by atoms with Crippen molar-refractivity contribution in [3.8, 4) is 0 Å². The third-order valence-electron chi connectivity index (χ3n) is 1.86. The highest BCUT2D eigenvalue weighted by Gasteiger charge is 2.27. The normalized spacial score (nSPS) is 11.6. The number of nitrogens with one attached hydrogen (secondary N) is 1. The quantitative estimate of drug-likeness (QED) is 0.659. The van der Waals surface area contributed by atoms with E-state index in [1.54, 1.807) is 6.92 Å². The van der Waals surface area contributed by atoms with Crippen LogP contribution in [0.3, 0.4) is 0 Å². The zero-order valence-electron chi connectivity index (χ0n) is 9.01. The van der Waals surface area contributed by atoms with E-state index in [1.165, 1.54) is 6.33 Å². The summed E-state index contributed by atoms with van der Waals surface area (Å²) < 4.78 is 49.0. The summed E-state index contributed by atoms with van der Waals surface area (Å²) in [6.45, 7) is 1.72. The molecule has 96 valence electrons. The predicted octanol–water partition coefficient (Wildman–Crippen LogP) is 2.84. The molecule has 0 aliphatic carbocycles. The van der Waals surface area contributed by atoms with Gasteiger partial charge in [-0.15, -0.1) is 0 Å². The van der Waals surface area contributed by atoms with Crippen molar-refractivity contribution >= 4 is 17.6 Å². The van der Waals surface area contributed by atoms with Gasteiger partial charge in [0.05, 0.1) is 5.69 Å². The molecule has 1 rings (SSSR count). The van der Waals surface area contributed by atoms with Gasteiger partial charge in [0.1, 0.15) is 6.33 Å². The van der Waals surface area contributed by atoms with Crippen LogP contribution in [0.2, 0.25) is 0 Å². The molecule has 0 fully saturated rings. The fourth-order valence-electron chi connectivity index (χ4n) is 1.11. The zero-order valence-corrected chi connectivity index (χ0v) is 9.83. The van der Waals surface area contributed by atoms with Gasteiger partial charge in [-0.2, -0.15) is 13.2 Å².